The van der Waals surface area contributed by atoms with Crippen molar-refractivity contribution in [3.8, 4) is 11.3 Å². The minimum Gasteiger partial charge on any atom is -0.350 e. The van der Waals surface area contributed by atoms with Gasteiger partial charge >= 0.3 is 0 Å². The van der Waals surface area contributed by atoms with Crippen molar-refractivity contribution in [1.29, 1.82) is 0 Å². The Balaban J connectivity index is 1.36. The van der Waals surface area contributed by atoms with E-state index in [-0.39, 0.29) is 17.9 Å². The molecule has 9 nitrogen and oxygen atoms in total. The third kappa shape index (κ3) is 4.45. The van der Waals surface area contributed by atoms with Gasteiger partial charge in [-0.15, -0.1) is 0 Å². The topological polar surface area (TPSA) is 116 Å². The van der Waals surface area contributed by atoms with E-state index >= 15 is 0 Å². The first-order valence-electron chi connectivity index (χ1n) is 9.90. The molecule has 30 heavy (non-hydrogen) atoms. The summed E-state index contributed by atoms with van der Waals surface area (Å²) in [7, 11) is 0. The molecule has 0 spiro atoms. The maximum absolute atomic E-state index is 12.8. The fourth-order valence-corrected chi connectivity index (χ4v) is 3.35. The molecule has 1 aromatic carbocycles. The average Bonchev–Trinajstić information content (AvgIpc) is 3.46. The largest absolute Gasteiger partial charge is 0.350 e. The molecule has 0 aliphatic carbocycles. The SMILES string of the molecule is CCC(=O)Nc1ccc(C(=O)N2CC[C@@H](Nc3nccc(-c4cn[nH]c4)n3)C2)cc1. The fourth-order valence-electron chi connectivity index (χ4n) is 3.35. The Hall–Kier alpha value is -3.75. The smallest absolute Gasteiger partial charge is 0.253 e. The van der Waals surface area contributed by atoms with Crippen LogP contribution in [0.2, 0.25) is 0 Å². The number of carbonyl (C=O) groups is 2. The van der Waals surface area contributed by atoms with Crippen LogP contribution in [0.3, 0.4) is 0 Å². The first-order valence-corrected chi connectivity index (χ1v) is 9.90. The summed E-state index contributed by atoms with van der Waals surface area (Å²) in [6, 6.07) is 8.89. The zero-order valence-electron chi connectivity index (χ0n) is 16.6. The number of nitrogens with zero attached hydrogens (tertiary/aromatic N) is 4. The second-order valence-corrected chi connectivity index (χ2v) is 7.11. The number of hydrogen-bond acceptors (Lipinski definition) is 6. The van der Waals surface area contributed by atoms with Gasteiger partial charge in [0, 0.05) is 54.8 Å². The molecule has 3 N–H and O–H groups in total. The van der Waals surface area contributed by atoms with Gasteiger partial charge in [-0.2, -0.15) is 5.10 Å². The van der Waals surface area contributed by atoms with Gasteiger partial charge in [-0.05, 0) is 36.8 Å². The average molecular weight is 405 g/mol. The van der Waals surface area contributed by atoms with Gasteiger partial charge in [0.15, 0.2) is 0 Å². The van der Waals surface area contributed by atoms with Crippen molar-refractivity contribution < 1.29 is 9.59 Å². The van der Waals surface area contributed by atoms with Gasteiger partial charge in [-0.3, -0.25) is 14.7 Å². The zero-order chi connectivity index (χ0) is 20.9. The second-order valence-electron chi connectivity index (χ2n) is 7.11. The van der Waals surface area contributed by atoms with Crippen LogP contribution in [0.4, 0.5) is 11.6 Å². The van der Waals surface area contributed by atoms with Crippen LogP contribution in [-0.4, -0.2) is 56.0 Å². The molecule has 0 radical (unpaired) electrons. The number of carbonyl (C=O) groups excluding carboxylic acids is 2. The summed E-state index contributed by atoms with van der Waals surface area (Å²) < 4.78 is 0. The van der Waals surface area contributed by atoms with E-state index in [1.165, 1.54) is 0 Å². The summed E-state index contributed by atoms with van der Waals surface area (Å²) in [6.07, 6.45) is 6.42. The second kappa shape index (κ2) is 8.73. The maximum atomic E-state index is 12.8. The fraction of sp³-hybridized carbons (Fsp3) is 0.286. The van der Waals surface area contributed by atoms with Crippen molar-refractivity contribution in [2.75, 3.05) is 23.7 Å². The number of nitrogens with one attached hydrogen (secondary N) is 3. The van der Waals surface area contributed by atoms with Gasteiger partial charge in [0.2, 0.25) is 11.9 Å². The standard InChI is InChI=1S/C21H23N7O2/c1-2-19(29)25-16-5-3-14(4-6-16)20(30)28-10-8-17(13-28)26-21-22-9-7-18(27-21)15-11-23-24-12-15/h3-7,9,11-12,17H,2,8,10,13H2,1H3,(H,23,24)(H,25,29)(H,22,26,27)/t17-/m1/s1. The van der Waals surface area contributed by atoms with Crippen molar-refractivity contribution in [2.45, 2.75) is 25.8 Å². The maximum Gasteiger partial charge on any atom is 0.253 e. The Morgan fingerprint density at radius 1 is 1.23 bits per heavy atom. The van der Waals surface area contributed by atoms with E-state index in [4.69, 9.17) is 0 Å². The van der Waals surface area contributed by atoms with Gasteiger partial charge < -0.3 is 15.5 Å². The van der Waals surface area contributed by atoms with Crippen molar-refractivity contribution in [2.24, 2.45) is 0 Å². The van der Waals surface area contributed by atoms with E-state index in [1.54, 1.807) is 49.8 Å². The van der Waals surface area contributed by atoms with Crippen molar-refractivity contribution in [3.63, 3.8) is 0 Å². The lowest BCUT2D eigenvalue weighted by atomic mass is 10.2. The molecule has 3 aromatic rings. The van der Waals surface area contributed by atoms with Gasteiger partial charge in [0.05, 0.1) is 11.9 Å². The summed E-state index contributed by atoms with van der Waals surface area (Å²) in [4.78, 5) is 34.9. The summed E-state index contributed by atoms with van der Waals surface area (Å²) in [5.41, 5.74) is 2.96. The molecular formula is C21H23N7O2. The van der Waals surface area contributed by atoms with E-state index in [0.29, 0.717) is 36.7 Å². The monoisotopic (exact) mass is 405 g/mol. The lowest BCUT2D eigenvalue weighted by molar-refractivity contribution is -0.115. The molecule has 4 rings (SSSR count). The highest BCUT2D eigenvalue weighted by atomic mass is 16.2. The third-order valence-electron chi connectivity index (χ3n) is 4.99. The number of aromatic amines is 1. The number of benzene rings is 1. The van der Waals surface area contributed by atoms with Crippen LogP contribution in [0.1, 0.15) is 30.1 Å². The number of amides is 2. The highest BCUT2D eigenvalue weighted by molar-refractivity contribution is 5.96. The quantitative estimate of drug-likeness (QED) is 0.580. The van der Waals surface area contributed by atoms with Crippen LogP contribution >= 0.6 is 0 Å². The van der Waals surface area contributed by atoms with E-state index in [2.05, 4.69) is 30.8 Å². The molecule has 0 bridgehead atoms. The molecule has 1 atom stereocenters. The van der Waals surface area contributed by atoms with Crippen molar-refractivity contribution in [3.05, 3.63) is 54.5 Å². The van der Waals surface area contributed by atoms with Crippen LogP contribution in [-0.2, 0) is 4.79 Å². The van der Waals surface area contributed by atoms with Gasteiger partial charge in [-0.25, -0.2) is 9.97 Å². The number of anilines is 2. The molecule has 154 valence electrons. The molecule has 1 aliphatic heterocycles. The molecule has 3 heterocycles. The Labute approximate surface area is 173 Å². The normalized spacial score (nSPS) is 15.8. The Kier molecular flexibility index (Phi) is 5.69. The highest BCUT2D eigenvalue weighted by Gasteiger charge is 2.27. The molecule has 2 amide bonds. The van der Waals surface area contributed by atoms with Crippen LogP contribution < -0.4 is 10.6 Å². The van der Waals surface area contributed by atoms with E-state index in [1.807, 2.05) is 11.0 Å². The van der Waals surface area contributed by atoms with Crippen LogP contribution in [0.5, 0.6) is 0 Å². The third-order valence-corrected chi connectivity index (χ3v) is 4.99. The molecule has 0 saturated carbocycles. The number of H-pyrrole nitrogens is 1. The van der Waals surface area contributed by atoms with E-state index < -0.39 is 0 Å². The Bertz CT molecular complexity index is 1020. The Morgan fingerprint density at radius 2 is 2.07 bits per heavy atom. The number of aromatic nitrogens is 4. The molecule has 1 aliphatic rings. The minimum atomic E-state index is -0.0541. The van der Waals surface area contributed by atoms with Crippen LogP contribution in [0.15, 0.2) is 48.9 Å². The van der Waals surface area contributed by atoms with Gasteiger partial charge in [-0.1, -0.05) is 6.92 Å². The lowest BCUT2D eigenvalue weighted by Crippen LogP contribution is -2.31. The minimum absolute atomic E-state index is 0.0271. The summed E-state index contributed by atoms with van der Waals surface area (Å²) in [5.74, 6) is 0.450. The summed E-state index contributed by atoms with van der Waals surface area (Å²) in [6.45, 7) is 3.03. The predicted molar refractivity (Wildman–Crippen MR) is 113 cm³/mol. The molecule has 2 aromatic heterocycles. The summed E-state index contributed by atoms with van der Waals surface area (Å²) >= 11 is 0. The number of rotatable bonds is 6. The van der Waals surface area contributed by atoms with E-state index in [9.17, 15) is 9.59 Å². The highest BCUT2D eigenvalue weighted by Crippen LogP contribution is 2.20. The zero-order valence-corrected chi connectivity index (χ0v) is 16.6. The van der Waals surface area contributed by atoms with Crippen LogP contribution in [0.25, 0.3) is 11.3 Å². The van der Waals surface area contributed by atoms with Crippen LogP contribution in [0, 0.1) is 0 Å². The number of likely N-dealkylation sites (tertiary alicyclic amines) is 1. The van der Waals surface area contributed by atoms with Gasteiger partial charge in [0.1, 0.15) is 0 Å². The molecule has 1 saturated heterocycles. The first-order chi connectivity index (χ1) is 14.6. The van der Waals surface area contributed by atoms with Crippen molar-refractivity contribution in [1.82, 2.24) is 25.1 Å². The summed E-state index contributed by atoms with van der Waals surface area (Å²) in [5, 5.41) is 12.8. The molecular weight excluding hydrogens is 382 g/mol. The molecule has 1 fully saturated rings. The number of hydrogen-bond donors (Lipinski definition) is 3. The molecule has 0 unspecified atom stereocenters. The first kappa shape index (κ1) is 19.6. The molecule has 9 heteroatoms. The predicted octanol–water partition coefficient (Wildman–Crippen LogP) is 2.54. The lowest BCUT2D eigenvalue weighted by Gasteiger charge is -2.17. The van der Waals surface area contributed by atoms with E-state index in [0.717, 1.165) is 17.7 Å². The van der Waals surface area contributed by atoms with Gasteiger partial charge in [0.25, 0.3) is 5.91 Å². The Morgan fingerprint density at radius 3 is 2.80 bits per heavy atom. The van der Waals surface area contributed by atoms with Crippen molar-refractivity contribution >= 4 is 23.5 Å².